The number of carbonyl (C=O) groups is 1. The second kappa shape index (κ2) is 7.84. The third-order valence-electron chi connectivity index (χ3n) is 6.75. The first kappa shape index (κ1) is 19.8. The number of para-hydroxylation sites is 1. The number of rotatable bonds is 3. The minimum absolute atomic E-state index is 0.144. The summed E-state index contributed by atoms with van der Waals surface area (Å²) in [4.78, 5) is 26.1. The Hall–Kier alpha value is -3.15. The molecule has 0 bridgehead atoms. The lowest BCUT2D eigenvalue weighted by Gasteiger charge is -2.44. The van der Waals surface area contributed by atoms with Crippen LogP contribution in [0, 0.1) is 0 Å². The number of carbonyl (C=O) groups excluding carboxylic acids is 1. The second-order valence-electron chi connectivity index (χ2n) is 8.81. The van der Waals surface area contributed by atoms with Crippen LogP contribution in [0.3, 0.4) is 0 Å². The molecule has 1 saturated carbocycles. The number of nitrogens with one attached hydrogen (secondary N) is 1. The lowest BCUT2D eigenvalue weighted by molar-refractivity contribution is -0.125. The molecular formula is C25H27N3O3. The van der Waals surface area contributed by atoms with Crippen LogP contribution in [0.15, 0.2) is 59.5 Å². The largest absolute Gasteiger partial charge is 0.487 e. The fourth-order valence-electron chi connectivity index (χ4n) is 5.03. The van der Waals surface area contributed by atoms with Gasteiger partial charge in [-0.3, -0.25) is 9.59 Å². The van der Waals surface area contributed by atoms with Crippen LogP contribution < -0.4 is 15.6 Å². The van der Waals surface area contributed by atoms with Gasteiger partial charge < -0.3 is 10.1 Å². The van der Waals surface area contributed by atoms with Gasteiger partial charge in [-0.1, -0.05) is 42.8 Å². The molecule has 2 atom stereocenters. The molecule has 1 N–H and O–H groups in total. The first-order chi connectivity index (χ1) is 15.1. The summed E-state index contributed by atoms with van der Waals surface area (Å²) < 4.78 is 7.74. The lowest BCUT2D eigenvalue weighted by atomic mass is 9.77. The topological polar surface area (TPSA) is 73.2 Å². The minimum atomic E-state index is -0.714. The molecule has 6 nitrogen and oxygen atoms in total. The Morgan fingerprint density at radius 3 is 2.71 bits per heavy atom. The third kappa shape index (κ3) is 3.60. The fraction of sp³-hybridized carbons (Fsp3) is 0.400. The van der Waals surface area contributed by atoms with Crippen molar-refractivity contribution in [2.75, 3.05) is 0 Å². The van der Waals surface area contributed by atoms with E-state index in [4.69, 9.17) is 4.74 Å². The SMILES string of the molecule is CC(C(=O)NC1CC2(CCCCC2)Oc2ccccc21)n1ncc2ccccc2c1=O. The molecule has 2 aliphatic rings. The summed E-state index contributed by atoms with van der Waals surface area (Å²) in [5, 5.41) is 8.81. The van der Waals surface area contributed by atoms with Crippen molar-refractivity contribution < 1.29 is 9.53 Å². The van der Waals surface area contributed by atoms with E-state index in [2.05, 4.69) is 10.4 Å². The molecule has 1 aliphatic heterocycles. The van der Waals surface area contributed by atoms with Crippen LogP contribution in [0.25, 0.3) is 10.8 Å². The number of ether oxygens (including phenoxy) is 1. The highest BCUT2D eigenvalue weighted by atomic mass is 16.5. The van der Waals surface area contributed by atoms with E-state index in [1.165, 1.54) is 11.1 Å². The number of fused-ring (bicyclic) bond motifs is 2. The summed E-state index contributed by atoms with van der Waals surface area (Å²) >= 11 is 0. The van der Waals surface area contributed by atoms with Gasteiger partial charge in [0, 0.05) is 17.4 Å². The van der Waals surface area contributed by atoms with Crippen molar-refractivity contribution >= 4 is 16.7 Å². The molecule has 5 rings (SSSR count). The molecule has 0 saturated heterocycles. The molecule has 31 heavy (non-hydrogen) atoms. The molecule has 2 heterocycles. The van der Waals surface area contributed by atoms with Crippen molar-refractivity contribution in [3.63, 3.8) is 0 Å². The number of aromatic nitrogens is 2. The smallest absolute Gasteiger partial charge is 0.275 e. The van der Waals surface area contributed by atoms with E-state index >= 15 is 0 Å². The maximum atomic E-state index is 13.2. The van der Waals surface area contributed by atoms with Crippen LogP contribution in [0.2, 0.25) is 0 Å². The zero-order chi connectivity index (χ0) is 21.4. The predicted molar refractivity (Wildman–Crippen MR) is 119 cm³/mol. The molecule has 2 unspecified atom stereocenters. The standard InChI is InChI=1S/C25H27N3O3/c1-17(28-24(30)19-10-4-3-9-18(19)16-26-28)23(29)27-21-15-25(13-7-2-8-14-25)31-22-12-6-5-11-20(21)22/h3-6,9-12,16-17,21H,2,7-8,13-15H2,1H3,(H,27,29). The van der Waals surface area contributed by atoms with E-state index in [0.29, 0.717) is 5.39 Å². The van der Waals surface area contributed by atoms with Crippen LogP contribution in [0.5, 0.6) is 5.75 Å². The number of benzene rings is 2. The highest BCUT2D eigenvalue weighted by molar-refractivity contribution is 5.83. The fourth-order valence-corrected chi connectivity index (χ4v) is 5.03. The van der Waals surface area contributed by atoms with Crippen molar-refractivity contribution in [3.05, 3.63) is 70.6 Å². The Kier molecular flexibility index (Phi) is 5.00. The van der Waals surface area contributed by atoms with E-state index < -0.39 is 6.04 Å². The van der Waals surface area contributed by atoms with Gasteiger partial charge >= 0.3 is 0 Å². The molecule has 1 aliphatic carbocycles. The first-order valence-electron chi connectivity index (χ1n) is 11.1. The third-order valence-corrected chi connectivity index (χ3v) is 6.75. The summed E-state index contributed by atoms with van der Waals surface area (Å²) in [6.07, 6.45) is 7.94. The number of hydrogen-bond acceptors (Lipinski definition) is 4. The van der Waals surface area contributed by atoms with E-state index in [9.17, 15) is 9.59 Å². The van der Waals surface area contributed by atoms with Gasteiger partial charge in [0.25, 0.3) is 5.56 Å². The van der Waals surface area contributed by atoms with Gasteiger partial charge in [-0.05, 0) is 44.7 Å². The summed E-state index contributed by atoms with van der Waals surface area (Å²) in [6, 6.07) is 14.4. The Morgan fingerprint density at radius 1 is 1.13 bits per heavy atom. The molecule has 1 amide bonds. The number of nitrogens with zero attached hydrogens (tertiary/aromatic N) is 2. The van der Waals surface area contributed by atoms with E-state index in [1.807, 2.05) is 42.5 Å². The van der Waals surface area contributed by atoms with Crippen molar-refractivity contribution in [1.82, 2.24) is 15.1 Å². The molecule has 3 aromatic rings. The average molecular weight is 418 g/mol. The van der Waals surface area contributed by atoms with Crippen LogP contribution >= 0.6 is 0 Å². The molecule has 1 aromatic heterocycles. The minimum Gasteiger partial charge on any atom is -0.487 e. The molecule has 1 spiro atoms. The normalized spacial score (nSPS) is 20.6. The van der Waals surface area contributed by atoms with Gasteiger partial charge in [0.2, 0.25) is 5.91 Å². The van der Waals surface area contributed by atoms with Crippen molar-refractivity contribution in [3.8, 4) is 5.75 Å². The monoisotopic (exact) mass is 417 g/mol. The van der Waals surface area contributed by atoms with Crippen LogP contribution in [0.4, 0.5) is 0 Å². The summed E-state index contributed by atoms with van der Waals surface area (Å²) in [7, 11) is 0. The maximum Gasteiger partial charge on any atom is 0.275 e. The zero-order valence-electron chi connectivity index (χ0n) is 17.7. The number of amides is 1. The van der Waals surface area contributed by atoms with Gasteiger partial charge in [-0.15, -0.1) is 0 Å². The lowest BCUT2D eigenvalue weighted by Crippen LogP contribution is -2.47. The van der Waals surface area contributed by atoms with E-state index in [-0.39, 0.29) is 23.1 Å². The highest BCUT2D eigenvalue weighted by Crippen LogP contribution is 2.46. The highest BCUT2D eigenvalue weighted by Gasteiger charge is 2.42. The molecule has 0 radical (unpaired) electrons. The first-order valence-corrected chi connectivity index (χ1v) is 11.1. The Morgan fingerprint density at radius 2 is 1.87 bits per heavy atom. The molecule has 1 fully saturated rings. The van der Waals surface area contributed by atoms with Crippen molar-refractivity contribution in [1.29, 1.82) is 0 Å². The van der Waals surface area contributed by atoms with Gasteiger partial charge in [-0.25, -0.2) is 4.68 Å². The summed E-state index contributed by atoms with van der Waals surface area (Å²) in [6.45, 7) is 1.72. The Labute approximate surface area is 181 Å². The van der Waals surface area contributed by atoms with Gasteiger partial charge in [0.1, 0.15) is 17.4 Å². The van der Waals surface area contributed by atoms with Crippen LogP contribution in [-0.4, -0.2) is 21.3 Å². The molecule has 2 aromatic carbocycles. The van der Waals surface area contributed by atoms with Gasteiger partial charge in [0.15, 0.2) is 0 Å². The van der Waals surface area contributed by atoms with Gasteiger partial charge in [-0.2, -0.15) is 5.10 Å². The zero-order valence-corrected chi connectivity index (χ0v) is 17.7. The maximum absolute atomic E-state index is 13.2. The van der Waals surface area contributed by atoms with E-state index in [1.54, 1.807) is 19.2 Å². The van der Waals surface area contributed by atoms with Crippen molar-refractivity contribution in [2.45, 2.75) is 63.1 Å². The predicted octanol–water partition coefficient (Wildman–Crippen LogP) is 4.30. The molecular weight excluding hydrogens is 390 g/mol. The second-order valence-corrected chi connectivity index (χ2v) is 8.81. The van der Waals surface area contributed by atoms with E-state index in [0.717, 1.165) is 48.8 Å². The summed E-state index contributed by atoms with van der Waals surface area (Å²) in [5.41, 5.74) is 0.529. The van der Waals surface area contributed by atoms with Crippen molar-refractivity contribution in [2.24, 2.45) is 0 Å². The van der Waals surface area contributed by atoms with Crippen LogP contribution in [-0.2, 0) is 4.79 Å². The average Bonchev–Trinajstić information content (AvgIpc) is 2.79. The molecule has 160 valence electrons. The Balaban J connectivity index is 1.43. The quantitative estimate of drug-likeness (QED) is 0.690. The van der Waals surface area contributed by atoms with Crippen LogP contribution in [0.1, 0.15) is 63.1 Å². The Bertz CT molecular complexity index is 1180. The van der Waals surface area contributed by atoms with Gasteiger partial charge in [0.05, 0.1) is 17.6 Å². The molecule has 6 heteroatoms. The number of hydrogen-bond donors (Lipinski definition) is 1. The summed E-state index contributed by atoms with van der Waals surface area (Å²) in [5.74, 6) is 0.646.